The van der Waals surface area contributed by atoms with Gasteiger partial charge in [0.05, 0.1) is 0 Å². The van der Waals surface area contributed by atoms with Gasteiger partial charge in [-0.3, -0.25) is 0 Å². The van der Waals surface area contributed by atoms with E-state index in [1.807, 2.05) is 0 Å². The molecule has 17 heavy (non-hydrogen) atoms. The van der Waals surface area contributed by atoms with E-state index in [4.69, 9.17) is 0 Å². The van der Waals surface area contributed by atoms with Crippen LogP contribution < -0.4 is 5.32 Å². The van der Waals surface area contributed by atoms with Gasteiger partial charge in [-0.2, -0.15) is 4.37 Å². The predicted molar refractivity (Wildman–Crippen MR) is 73.5 cm³/mol. The summed E-state index contributed by atoms with van der Waals surface area (Å²) in [5.74, 6) is 2.09. The zero-order valence-corrected chi connectivity index (χ0v) is 12.5. The molecule has 1 fully saturated rings. The third-order valence-electron chi connectivity index (χ3n) is 4.74. The average Bonchev–Trinajstić information content (AvgIpc) is 2.58. The summed E-state index contributed by atoms with van der Waals surface area (Å²) in [6, 6.07) is 0. The molecule has 0 radical (unpaired) electrons. The summed E-state index contributed by atoms with van der Waals surface area (Å²) in [6.45, 7) is 14.6. The quantitative estimate of drug-likeness (QED) is 0.888. The number of rotatable bonds is 4. The molecule has 0 bridgehead atoms. The van der Waals surface area contributed by atoms with Crippen LogP contribution in [0, 0.1) is 16.7 Å². The molecule has 0 atom stereocenters. The van der Waals surface area contributed by atoms with Gasteiger partial charge in [0, 0.05) is 24.0 Å². The van der Waals surface area contributed by atoms with Crippen molar-refractivity contribution >= 4 is 16.7 Å². The third kappa shape index (κ3) is 2.07. The molecule has 1 aromatic heterocycles. The van der Waals surface area contributed by atoms with Gasteiger partial charge < -0.3 is 5.32 Å². The van der Waals surface area contributed by atoms with Crippen LogP contribution >= 0.6 is 11.5 Å². The van der Waals surface area contributed by atoms with Crippen molar-refractivity contribution in [2.24, 2.45) is 16.7 Å². The predicted octanol–water partition coefficient (Wildman–Crippen LogP) is 3.76. The average molecular weight is 253 g/mol. The van der Waals surface area contributed by atoms with E-state index in [-0.39, 0.29) is 0 Å². The standard InChI is InChI=1S/C13H23N3S/c1-8(2)10-15-11(17-16-10)14-7-9-12(3,4)13(9,5)6/h8-9H,7H2,1-6H3,(H,14,15,16). The summed E-state index contributed by atoms with van der Waals surface area (Å²) in [7, 11) is 0. The van der Waals surface area contributed by atoms with Crippen LogP contribution in [0.2, 0.25) is 0 Å². The fourth-order valence-electron chi connectivity index (χ4n) is 2.57. The maximum atomic E-state index is 4.50. The van der Waals surface area contributed by atoms with Gasteiger partial charge in [0.1, 0.15) is 5.82 Å². The molecular formula is C13H23N3S. The first-order chi connectivity index (χ1) is 7.76. The summed E-state index contributed by atoms with van der Waals surface area (Å²) in [5, 5.41) is 4.40. The molecule has 0 aromatic carbocycles. The number of nitrogens with zero attached hydrogens (tertiary/aromatic N) is 2. The van der Waals surface area contributed by atoms with Crippen LogP contribution in [-0.4, -0.2) is 15.9 Å². The van der Waals surface area contributed by atoms with Crippen LogP contribution in [0.1, 0.15) is 53.3 Å². The summed E-state index contributed by atoms with van der Waals surface area (Å²) >= 11 is 1.48. The molecule has 0 spiro atoms. The molecule has 0 aliphatic heterocycles. The Morgan fingerprint density at radius 1 is 1.24 bits per heavy atom. The molecule has 1 aromatic rings. The zero-order valence-electron chi connectivity index (χ0n) is 11.7. The van der Waals surface area contributed by atoms with Crippen molar-refractivity contribution in [2.75, 3.05) is 11.9 Å². The summed E-state index contributed by atoms with van der Waals surface area (Å²) in [6.07, 6.45) is 0. The van der Waals surface area contributed by atoms with E-state index in [0.29, 0.717) is 16.7 Å². The van der Waals surface area contributed by atoms with E-state index in [1.54, 1.807) is 0 Å². The lowest BCUT2D eigenvalue weighted by Crippen LogP contribution is -2.07. The highest BCUT2D eigenvalue weighted by molar-refractivity contribution is 7.09. The number of hydrogen-bond donors (Lipinski definition) is 1. The Labute approximate surface area is 108 Å². The van der Waals surface area contributed by atoms with Crippen molar-refractivity contribution in [3.8, 4) is 0 Å². The molecular weight excluding hydrogens is 230 g/mol. The first kappa shape index (κ1) is 12.8. The molecule has 1 N–H and O–H groups in total. The lowest BCUT2D eigenvalue weighted by molar-refractivity contribution is 0.457. The maximum absolute atomic E-state index is 4.50. The van der Waals surface area contributed by atoms with Crippen LogP contribution in [0.15, 0.2) is 0 Å². The molecule has 1 aliphatic rings. The van der Waals surface area contributed by atoms with Gasteiger partial charge in [-0.15, -0.1) is 0 Å². The van der Waals surface area contributed by atoms with Crippen LogP contribution in [0.5, 0.6) is 0 Å². The Hall–Kier alpha value is -0.640. The number of hydrogen-bond acceptors (Lipinski definition) is 4. The van der Waals surface area contributed by atoms with Crippen molar-refractivity contribution in [2.45, 2.75) is 47.5 Å². The monoisotopic (exact) mass is 253 g/mol. The Kier molecular flexibility index (Phi) is 2.97. The minimum absolute atomic E-state index is 0.413. The highest BCUT2D eigenvalue weighted by Gasteiger charge is 2.64. The fourth-order valence-corrected chi connectivity index (χ4v) is 3.29. The van der Waals surface area contributed by atoms with Crippen molar-refractivity contribution < 1.29 is 0 Å². The van der Waals surface area contributed by atoms with E-state index in [1.165, 1.54) is 11.5 Å². The second kappa shape index (κ2) is 3.94. The number of aromatic nitrogens is 2. The number of nitrogens with one attached hydrogen (secondary N) is 1. The van der Waals surface area contributed by atoms with Crippen LogP contribution in [-0.2, 0) is 0 Å². The van der Waals surface area contributed by atoms with Crippen molar-refractivity contribution in [1.29, 1.82) is 0 Å². The minimum Gasteiger partial charge on any atom is -0.360 e. The maximum Gasteiger partial charge on any atom is 0.202 e. The molecule has 2 rings (SSSR count). The van der Waals surface area contributed by atoms with Crippen LogP contribution in [0.4, 0.5) is 5.13 Å². The van der Waals surface area contributed by atoms with Crippen molar-refractivity contribution in [1.82, 2.24) is 9.36 Å². The van der Waals surface area contributed by atoms with Gasteiger partial charge >= 0.3 is 0 Å². The van der Waals surface area contributed by atoms with Gasteiger partial charge in [-0.05, 0) is 16.7 Å². The van der Waals surface area contributed by atoms with Gasteiger partial charge in [0.25, 0.3) is 0 Å². The first-order valence-corrected chi connectivity index (χ1v) is 7.11. The smallest absolute Gasteiger partial charge is 0.202 e. The second-order valence-electron chi connectivity index (χ2n) is 6.49. The molecule has 1 aliphatic carbocycles. The largest absolute Gasteiger partial charge is 0.360 e. The summed E-state index contributed by atoms with van der Waals surface area (Å²) in [4.78, 5) is 4.50. The van der Waals surface area contributed by atoms with E-state index in [9.17, 15) is 0 Å². The summed E-state index contributed by atoms with van der Waals surface area (Å²) in [5.41, 5.74) is 0.872. The van der Waals surface area contributed by atoms with E-state index in [0.717, 1.165) is 23.4 Å². The highest BCUT2D eigenvalue weighted by Crippen LogP contribution is 2.68. The van der Waals surface area contributed by atoms with Crippen molar-refractivity contribution in [3.63, 3.8) is 0 Å². The molecule has 1 heterocycles. The second-order valence-corrected chi connectivity index (χ2v) is 7.24. The lowest BCUT2D eigenvalue weighted by Gasteiger charge is -2.04. The fraction of sp³-hybridized carbons (Fsp3) is 0.846. The SMILES string of the molecule is CC(C)c1nsc(NCC2C(C)(C)C2(C)C)n1. The minimum atomic E-state index is 0.413. The molecule has 0 saturated heterocycles. The Morgan fingerprint density at radius 3 is 2.24 bits per heavy atom. The van der Waals surface area contributed by atoms with E-state index < -0.39 is 0 Å². The number of anilines is 1. The molecule has 96 valence electrons. The van der Waals surface area contributed by atoms with E-state index in [2.05, 4.69) is 56.2 Å². The first-order valence-electron chi connectivity index (χ1n) is 6.34. The van der Waals surface area contributed by atoms with Crippen LogP contribution in [0.3, 0.4) is 0 Å². The highest BCUT2D eigenvalue weighted by atomic mass is 32.1. The molecule has 0 unspecified atom stereocenters. The molecule has 3 nitrogen and oxygen atoms in total. The molecule has 4 heteroatoms. The Bertz CT molecular complexity index is 393. The zero-order chi connectivity index (χ0) is 12.8. The van der Waals surface area contributed by atoms with Crippen molar-refractivity contribution in [3.05, 3.63) is 5.82 Å². The summed E-state index contributed by atoms with van der Waals surface area (Å²) < 4.78 is 4.35. The Morgan fingerprint density at radius 2 is 1.82 bits per heavy atom. The van der Waals surface area contributed by atoms with Gasteiger partial charge in [0.2, 0.25) is 5.13 Å². The third-order valence-corrected chi connectivity index (χ3v) is 5.42. The van der Waals surface area contributed by atoms with Gasteiger partial charge in [0.15, 0.2) is 0 Å². The lowest BCUT2D eigenvalue weighted by atomic mass is 10.0. The van der Waals surface area contributed by atoms with Gasteiger partial charge in [-0.25, -0.2) is 4.98 Å². The molecule has 1 saturated carbocycles. The normalized spacial score (nSPS) is 21.8. The van der Waals surface area contributed by atoms with Crippen LogP contribution in [0.25, 0.3) is 0 Å². The van der Waals surface area contributed by atoms with Gasteiger partial charge in [-0.1, -0.05) is 41.5 Å². The topological polar surface area (TPSA) is 37.8 Å². The molecule has 0 amide bonds. The Balaban J connectivity index is 1.91. The van der Waals surface area contributed by atoms with E-state index >= 15 is 0 Å².